The van der Waals surface area contributed by atoms with E-state index in [1.165, 1.54) is 4.68 Å². The SMILES string of the molecule is Cc1cccc(OCc2cn(CC(=O)NCc3ccco3)nn2)c1. The highest BCUT2D eigenvalue weighted by molar-refractivity contribution is 5.75. The fourth-order valence-corrected chi connectivity index (χ4v) is 2.15. The Labute approximate surface area is 139 Å². The molecule has 7 nitrogen and oxygen atoms in total. The standard InChI is InChI=1S/C17H18N4O3/c1-13-4-2-5-15(8-13)24-12-14-10-21(20-19-14)11-17(22)18-9-16-6-3-7-23-16/h2-8,10H,9,11-12H2,1H3,(H,18,22). The first-order valence-electron chi connectivity index (χ1n) is 7.56. The number of nitrogens with zero attached hydrogens (tertiary/aromatic N) is 3. The molecule has 0 radical (unpaired) electrons. The van der Waals surface area contributed by atoms with Gasteiger partial charge >= 0.3 is 0 Å². The molecule has 124 valence electrons. The van der Waals surface area contributed by atoms with Crippen molar-refractivity contribution in [2.75, 3.05) is 0 Å². The molecule has 0 atom stereocenters. The summed E-state index contributed by atoms with van der Waals surface area (Å²) in [5, 5.41) is 10.7. The summed E-state index contributed by atoms with van der Waals surface area (Å²) in [6.07, 6.45) is 3.27. The number of benzene rings is 1. The van der Waals surface area contributed by atoms with Gasteiger partial charge in [-0.05, 0) is 36.8 Å². The average molecular weight is 326 g/mol. The molecule has 1 aromatic carbocycles. The third kappa shape index (κ3) is 4.45. The van der Waals surface area contributed by atoms with E-state index in [1.54, 1.807) is 24.6 Å². The molecular formula is C17H18N4O3. The lowest BCUT2D eigenvalue weighted by atomic mass is 10.2. The van der Waals surface area contributed by atoms with E-state index in [4.69, 9.17) is 9.15 Å². The highest BCUT2D eigenvalue weighted by atomic mass is 16.5. The van der Waals surface area contributed by atoms with Crippen molar-refractivity contribution in [3.8, 4) is 5.75 Å². The van der Waals surface area contributed by atoms with Gasteiger partial charge in [-0.15, -0.1) is 5.10 Å². The van der Waals surface area contributed by atoms with Crippen LogP contribution in [0.15, 0.2) is 53.3 Å². The number of ether oxygens (including phenoxy) is 1. The van der Waals surface area contributed by atoms with Crippen LogP contribution < -0.4 is 10.1 Å². The summed E-state index contributed by atoms with van der Waals surface area (Å²) >= 11 is 0. The fraction of sp³-hybridized carbons (Fsp3) is 0.235. The van der Waals surface area contributed by atoms with Gasteiger partial charge in [-0.3, -0.25) is 4.79 Å². The molecule has 0 aliphatic heterocycles. The van der Waals surface area contributed by atoms with E-state index in [9.17, 15) is 4.79 Å². The van der Waals surface area contributed by atoms with Crippen LogP contribution in [0.5, 0.6) is 5.75 Å². The summed E-state index contributed by atoms with van der Waals surface area (Å²) in [4.78, 5) is 11.9. The molecule has 3 aromatic rings. The molecule has 2 aromatic heterocycles. The molecule has 0 bridgehead atoms. The number of nitrogens with one attached hydrogen (secondary N) is 1. The highest BCUT2D eigenvalue weighted by Crippen LogP contribution is 2.13. The maximum Gasteiger partial charge on any atom is 0.242 e. The Morgan fingerprint density at radius 2 is 2.25 bits per heavy atom. The zero-order valence-corrected chi connectivity index (χ0v) is 13.3. The minimum Gasteiger partial charge on any atom is -0.487 e. The molecule has 24 heavy (non-hydrogen) atoms. The largest absolute Gasteiger partial charge is 0.487 e. The Bertz CT molecular complexity index is 796. The van der Waals surface area contributed by atoms with Gasteiger partial charge < -0.3 is 14.5 Å². The van der Waals surface area contributed by atoms with Crippen LogP contribution in [0.3, 0.4) is 0 Å². The molecule has 1 N–H and O–H groups in total. The topological polar surface area (TPSA) is 82.2 Å². The van der Waals surface area contributed by atoms with Crippen LogP contribution in [-0.4, -0.2) is 20.9 Å². The molecule has 7 heteroatoms. The van der Waals surface area contributed by atoms with Crippen LogP contribution in [0.25, 0.3) is 0 Å². The number of hydrogen-bond donors (Lipinski definition) is 1. The lowest BCUT2D eigenvalue weighted by molar-refractivity contribution is -0.122. The molecule has 0 saturated carbocycles. The van der Waals surface area contributed by atoms with Gasteiger partial charge in [-0.25, -0.2) is 4.68 Å². The first kappa shape index (κ1) is 15.8. The zero-order valence-electron chi connectivity index (χ0n) is 13.3. The number of furan rings is 1. The van der Waals surface area contributed by atoms with E-state index >= 15 is 0 Å². The fourth-order valence-electron chi connectivity index (χ4n) is 2.15. The van der Waals surface area contributed by atoms with Gasteiger partial charge in [0.05, 0.1) is 19.0 Å². The van der Waals surface area contributed by atoms with Gasteiger partial charge in [0.15, 0.2) is 0 Å². The van der Waals surface area contributed by atoms with Gasteiger partial charge in [0.1, 0.15) is 30.4 Å². The smallest absolute Gasteiger partial charge is 0.242 e. The number of rotatable bonds is 7. The first-order chi connectivity index (χ1) is 11.7. The van der Waals surface area contributed by atoms with E-state index in [0.29, 0.717) is 24.6 Å². The van der Waals surface area contributed by atoms with Crippen molar-refractivity contribution in [2.45, 2.75) is 26.6 Å². The average Bonchev–Trinajstić information content (AvgIpc) is 3.23. The summed E-state index contributed by atoms with van der Waals surface area (Å²) in [5.41, 5.74) is 1.79. The second-order valence-electron chi connectivity index (χ2n) is 5.37. The molecule has 0 spiro atoms. The van der Waals surface area contributed by atoms with Crippen LogP contribution in [0.1, 0.15) is 17.0 Å². The van der Waals surface area contributed by atoms with Crippen LogP contribution in [0.2, 0.25) is 0 Å². The number of aryl methyl sites for hydroxylation is 1. The summed E-state index contributed by atoms with van der Waals surface area (Å²) in [6.45, 7) is 2.75. The van der Waals surface area contributed by atoms with Crippen LogP contribution in [-0.2, 0) is 24.5 Å². The predicted molar refractivity (Wildman–Crippen MR) is 86.1 cm³/mol. The molecule has 2 heterocycles. The monoisotopic (exact) mass is 326 g/mol. The second kappa shape index (κ2) is 7.45. The minimum absolute atomic E-state index is 0.0954. The van der Waals surface area contributed by atoms with Crippen molar-refractivity contribution in [1.82, 2.24) is 20.3 Å². The van der Waals surface area contributed by atoms with Crippen molar-refractivity contribution in [3.05, 3.63) is 65.9 Å². The van der Waals surface area contributed by atoms with Crippen molar-refractivity contribution in [3.63, 3.8) is 0 Å². The third-order valence-corrected chi connectivity index (χ3v) is 3.31. The number of aromatic nitrogens is 3. The summed E-state index contributed by atoms with van der Waals surface area (Å²) in [7, 11) is 0. The summed E-state index contributed by atoms with van der Waals surface area (Å²) in [6, 6.07) is 11.4. The molecule has 0 unspecified atom stereocenters. The second-order valence-corrected chi connectivity index (χ2v) is 5.37. The zero-order chi connectivity index (χ0) is 16.8. The summed E-state index contributed by atoms with van der Waals surface area (Å²) in [5.74, 6) is 1.32. The van der Waals surface area contributed by atoms with E-state index < -0.39 is 0 Å². The van der Waals surface area contributed by atoms with Crippen molar-refractivity contribution in [1.29, 1.82) is 0 Å². The highest BCUT2D eigenvalue weighted by Gasteiger charge is 2.07. The van der Waals surface area contributed by atoms with E-state index in [-0.39, 0.29) is 12.5 Å². The lowest BCUT2D eigenvalue weighted by Gasteiger charge is -2.04. The number of hydrogen-bond acceptors (Lipinski definition) is 5. The number of amides is 1. The van der Waals surface area contributed by atoms with Crippen molar-refractivity contribution >= 4 is 5.91 Å². The van der Waals surface area contributed by atoms with Gasteiger partial charge in [-0.1, -0.05) is 17.3 Å². The van der Waals surface area contributed by atoms with Crippen LogP contribution >= 0.6 is 0 Å². The molecular weight excluding hydrogens is 308 g/mol. The Balaban J connectivity index is 1.47. The Kier molecular flexibility index (Phi) is 4.90. The summed E-state index contributed by atoms with van der Waals surface area (Å²) < 4.78 is 12.3. The van der Waals surface area contributed by atoms with Crippen LogP contribution in [0.4, 0.5) is 0 Å². The molecule has 3 rings (SSSR count). The van der Waals surface area contributed by atoms with Gasteiger partial charge in [0, 0.05) is 0 Å². The van der Waals surface area contributed by atoms with E-state index in [1.807, 2.05) is 31.2 Å². The Hall–Kier alpha value is -3.09. The lowest BCUT2D eigenvalue weighted by Crippen LogP contribution is -2.27. The molecule has 0 fully saturated rings. The molecule has 0 aliphatic carbocycles. The Morgan fingerprint density at radius 1 is 1.33 bits per heavy atom. The van der Waals surface area contributed by atoms with E-state index in [0.717, 1.165) is 11.3 Å². The van der Waals surface area contributed by atoms with E-state index in [2.05, 4.69) is 15.6 Å². The minimum atomic E-state index is -0.164. The van der Waals surface area contributed by atoms with Gasteiger partial charge in [0.25, 0.3) is 0 Å². The molecule has 1 amide bonds. The van der Waals surface area contributed by atoms with Crippen molar-refractivity contribution in [2.24, 2.45) is 0 Å². The maximum absolute atomic E-state index is 11.9. The van der Waals surface area contributed by atoms with Gasteiger partial charge in [0.2, 0.25) is 5.91 Å². The quantitative estimate of drug-likeness (QED) is 0.719. The third-order valence-electron chi connectivity index (χ3n) is 3.31. The normalized spacial score (nSPS) is 10.5. The predicted octanol–water partition coefficient (Wildman–Crippen LogP) is 2.07. The maximum atomic E-state index is 11.9. The molecule has 0 saturated heterocycles. The number of carbonyl (C=O) groups is 1. The first-order valence-corrected chi connectivity index (χ1v) is 7.56. The van der Waals surface area contributed by atoms with Crippen LogP contribution in [0, 0.1) is 6.92 Å². The van der Waals surface area contributed by atoms with Crippen molar-refractivity contribution < 1.29 is 13.9 Å². The number of carbonyl (C=O) groups excluding carboxylic acids is 1. The Morgan fingerprint density at radius 3 is 3.04 bits per heavy atom. The van der Waals surface area contributed by atoms with Gasteiger partial charge in [-0.2, -0.15) is 0 Å². The molecule has 0 aliphatic rings.